The minimum absolute atomic E-state index is 0.0296. The first-order valence-corrected chi connectivity index (χ1v) is 5.29. The summed E-state index contributed by atoms with van der Waals surface area (Å²) in [6.45, 7) is 7.10. The summed E-state index contributed by atoms with van der Waals surface area (Å²) < 4.78 is 0. The second-order valence-electron chi connectivity index (χ2n) is 3.78. The lowest BCUT2D eigenvalue weighted by Gasteiger charge is -2.29. The van der Waals surface area contributed by atoms with Crippen LogP contribution in [0.15, 0.2) is 25.3 Å². The van der Waals surface area contributed by atoms with E-state index in [1.165, 1.54) is 0 Å². The highest BCUT2D eigenvalue weighted by Crippen LogP contribution is 2.27. The molecule has 0 saturated carbocycles. The molecule has 1 unspecified atom stereocenters. The maximum atomic E-state index is 9.29. The zero-order valence-corrected chi connectivity index (χ0v) is 9.18. The van der Waals surface area contributed by atoms with Crippen LogP contribution in [-0.4, -0.2) is 35.1 Å². The van der Waals surface area contributed by atoms with Gasteiger partial charge in [-0.05, 0) is 24.7 Å². The molecule has 0 aromatic carbocycles. The average molecular weight is 214 g/mol. The molecular weight excluding hydrogens is 192 g/mol. The molecule has 15 heavy (non-hydrogen) atoms. The normalized spacial score (nSPS) is 13.1. The van der Waals surface area contributed by atoms with E-state index in [4.69, 9.17) is 10.2 Å². The van der Waals surface area contributed by atoms with Gasteiger partial charge in [0, 0.05) is 25.7 Å². The Hall–Kier alpha value is -0.640. The molecule has 0 aliphatic rings. The molecule has 88 valence electrons. The highest BCUT2D eigenvalue weighted by Gasteiger charge is 2.26. The summed E-state index contributed by atoms with van der Waals surface area (Å²) in [7, 11) is 0. The number of aliphatic hydroxyl groups excluding tert-OH is 3. The molecule has 0 bridgehead atoms. The largest absolute Gasteiger partial charge is 0.396 e. The van der Waals surface area contributed by atoms with E-state index in [0.29, 0.717) is 0 Å². The Bertz CT molecular complexity index is 166. The van der Waals surface area contributed by atoms with Crippen LogP contribution >= 0.6 is 0 Å². The Balaban J connectivity index is 4.53. The lowest BCUT2D eigenvalue weighted by Crippen LogP contribution is -2.31. The molecule has 1 atom stereocenters. The predicted octanol–water partition coefficient (Wildman–Crippen LogP) is 0.964. The molecule has 0 heterocycles. The van der Waals surface area contributed by atoms with E-state index in [1.54, 1.807) is 12.2 Å². The van der Waals surface area contributed by atoms with Crippen LogP contribution in [-0.2, 0) is 0 Å². The summed E-state index contributed by atoms with van der Waals surface area (Å²) in [5, 5.41) is 27.5. The first-order chi connectivity index (χ1) is 7.24. The molecule has 0 fully saturated rings. The van der Waals surface area contributed by atoms with Gasteiger partial charge in [-0.25, -0.2) is 0 Å². The van der Waals surface area contributed by atoms with Crippen LogP contribution in [0, 0.1) is 17.8 Å². The monoisotopic (exact) mass is 214 g/mol. The van der Waals surface area contributed by atoms with Crippen LogP contribution in [0.3, 0.4) is 0 Å². The van der Waals surface area contributed by atoms with Gasteiger partial charge in [0.2, 0.25) is 0 Å². The summed E-state index contributed by atoms with van der Waals surface area (Å²) in [6, 6.07) is 0. The Labute approximate surface area is 91.8 Å². The van der Waals surface area contributed by atoms with Gasteiger partial charge in [0.05, 0.1) is 0 Å². The van der Waals surface area contributed by atoms with Crippen molar-refractivity contribution in [1.82, 2.24) is 0 Å². The molecule has 0 aliphatic heterocycles. The lowest BCUT2D eigenvalue weighted by atomic mass is 9.79. The topological polar surface area (TPSA) is 60.7 Å². The molecule has 3 nitrogen and oxygen atoms in total. The molecule has 0 rings (SSSR count). The maximum absolute atomic E-state index is 9.29. The van der Waals surface area contributed by atoms with Gasteiger partial charge in [-0.15, -0.1) is 13.2 Å². The molecule has 0 aromatic rings. The van der Waals surface area contributed by atoms with E-state index in [9.17, 15) is 5.11 Å². The second-order valence-corrected chi connectivity index (χ2v) is 3.78. The fraction of sp³-hybridized carbons (Fsp3) is 0.667. The first-order valence-electron chi connectivity index (χ1n) is 5.29. The Morgan fingerprint density at radius 3 is 1.53 bits per heavy atom. The highest BCUT2D eigenvalue weighted by atomic mass is 16.3. The first kappa shape index (κ1) is 14.4. The van der Waals surface area contributed by atoms with Crippen molar-refractivity contribution >= 4 is 0 Å². The summed E-state index contributed by atoms with van der Waals surface area (Å²) in [4.78, 5) is 0. The van der Waals surface area contributed by atoms with Crippen LogP contribution < -0.4 is 0 Å². The zero-order valence-electron chi connectivity index (χ0n) is 9.18. The van der Waals surface area contributed by atoms with Crippen LogP contribution in [0.25, 0.3) is 0 Å². The van der Waals surface area contributed by atoms with Crippen LogP contribution in [0.1, 0.15) is 12.8 Å². The number of rotatable bonds is 9. The Morgan fingerprint density at radius 2 is 1.27 bits per heavy atom. The fourth-order valence-corrected chi connectivity index (χ4v) is 1.89. The molecule has 0 radical (unpaired) electrons. The van der Waals surface area contributed by atoms with Crippen molar-refractivity contribution in [1.29, 1.82) is 0 Å². The quantitative estimate of drug-likeness (QED) is 0.501. The van der Waals surface area contributed by atoms with Crippen LogP contribution in [0.5, 0.6) is 0 Å². The van der Waals surface area contributed by atoms with Crippen molar-refractivity contribution in [3.05, 3.63) is 25.3 Å². The van der Waals surface area contributed by atoms with E-state index >= 15 is 0 Å². The average Bonchev–Trinajstić information content (AvgIpc) is 2.25. The lowest BCUT2D eigenvalue weighted by molar-refractivity contribution is 0.0436. The van der Waals surface area contributed by atoms with E-state index in [1.807, 2.05) is 0 Å². The van der Waals surface area contributed by atoms with Crippen molar-refractivity contribution in [3.63, 3.8) is 0 Å². The van der Waals surface area contributed by atoms with Crippen LogP contribution in [0.2, 0.25) is 0 Å². The molecule has 0 aromatic heterocycles. The van der Waals surface area contributed by atoms with Gasteiger partial charge in [-0.1, -0.05) is 12.2 Å². The third kappa shape index (κ3) is 4.60. The smallest absolute Gasteiger partial charge is 0.0484 e. The minimum Gasteiger partial charge on any atom is -0.396 e. The van der Waals surface area contributed by atoms with Crippen molar-refractivity contribution in [2.45, 2.75) is 12.8 Å². The van der Waals surface area contributed by atoms with Gasteiger partial charge in [0.25, 0.3) is 0 Å². The molecule has 3 heteroatoms. The molecular formula is C12H22O3. The van der Waals surface area contributed by atoms with E-state index < -0.39 is 0 Å². The molecule has 3 N–H and O–H groups in total. The molecule has 0 spiro atoms. The highest BCUT2D eigenvalue weighted by molar-refractivity contribution is 4.86. The van der Waals surface area contributed by atoms with Gasteiger partial charge in [0.15, 0.2) is 0 Å². The number of allylic oxidation sites excluding steroid dienone is 2. The second kappa shape index (κ2) is 8.65. The van der Waals surface area contributed by atoms with E-state index in [2.05, 4.69) is 13.2 Å². The number of hydrogen-bond acceptors (Lipinski definition) is 3. The van der Waals surface area contributed by atoms with E-state index in [0.717, 1.165) is 12.8 Å². The standard InChI is InChI=1S/C12H22O3/c1-3-5-10(6-4-2)12(9-15)11(7-13)8-14/h3-4,10-15H,1-2,5-9H2. The van der Waals surface area contributed by atoms with Crippen LogP contribution in [0.4, 0.5) is 0 Å². The van der Waals surface area contributed by atoms with Crippen molar-refractivity contribution in [2.24, 2.45) is 17.8 Å². The predicted molar refractivity (Wildman–Crippen MR) is 61.4 cm³/mol. The number of aliphatic hydroxyl groups is 3. The van der Waals surface area contributed by atoms with E-state index in [-0.39, 0.29) is 37.6 Å². The SMILES string of the molecule is C=CCC(CC=C)C(CO)C(CO)CO. The summed E-state index contributed by atoms with van der Waals surface area (Å²) in [6.07, 6.45) is 5.10. The third-order valence-corrected chi connectivity index (χ3v) is 2.83. The summed E-state index contributed by atoms with van der Waals surface area (Å²) in [5.41, 5.74) is 0. The van der Waals surface area contributed by atoms with Crippen molar-refractivity contribution < 1.29 is 15.3 Å². The third-order valence-electron chi connectivity index (χ3n) is 2.83. The van der Waals surface area contributed by atoms with Crippen molar-refractivity contribution in [3.8, 4) is 0 Å². The van der Waals surface area contributed by atoms with Gasteiger partial charge >= 0.3 is 0 Å². The maximum Gasteiger partial charge on any atom is 0.0484 e. The zero-order chi connectivity index (χ0) is 11.7. The minimum atomic E-state index is -0.264. The van der Waals surface area contributed by atoms with Gasteiger partial charge < -0.3 is 15.3 Å². The van der Waals surface area contributed by atoms with Gasteiger partial charge in [-0.3, -0.25) is 0 Å². The Kier molecular flexibility index (Phi) is 8.28. The van der Waals surface area contributed by atoms with Gasteiger partial charge in [0.1, 0.15) is 0 Å². The number of hydrogen-bond donors (Lipinski definition) is 3. The Morgan fingerprint density at radius 1 is 0.800 bits per heavy atom. The molecule has 0 amide bonds. The fourth-order valence-electron chi connectivity index (χ4n) is 1.89. The van der Waals surface area contributed by atoms with Gasteiger partial charge in [-0.2, -0.15) is 0 Å². The summed E-state index contributed by atoms with van der Waals surface area (Å²) in [5.74, 6) is -0.176. The van der Waals surface area contributed by atoms with Crippen molar-refractivity contribution in [2.75, 3.05) is 19.8 Å². The molecule has 0 saturated heterocycles. The summed E-state index contributed by atoms with van der Waals surface area (Å²) >= 11 is 0. The molecule has 0 aliphatic carbocycles.